The Balaban J connectivity index is 1.85. The maximum absolute atomic E-state index is 12.0. The molecule has 0 heterocycles. The summed E-state index contributed by atoms with van der Waals surface area (Å²) in [7, 11) is -3.08. The van der Waals surface area contributed by atoms with Crippen molar-refractivity contribution in [2.24, 2.45) is 0 Å². The van der Waals surface area contributed by atoms with E-state index in [0.29, 0.717) is 6.54 Å². The average Bonchev–Trinajstić information content (AvgIpc) is 2.41. The maximum Gasteiger partial charge on any atom is 0.156 e. The van der Waals surface area contributed by atoms with Gasteiger partial charge in [0.05, 0.1) is 11.5 Å². The van der Waals surface area contributed by atoms with Gasteiger partial charge in [-0.3, -0.25) is 0 Å². The summed E-state index contributed by atoms with van der Waals surface area (Å²) in [6.07, 6.45) is 0. The summed E-state index contributed by atoms with van der Waals surface area (Å²) in [4.78, 5) is 0. The third-order valence-electron chi connectivity index (χ3n) is 3.02. The monoisotopic (exact) mass is 289 g/mol. The molecule has 0 radical (unpaired) electrons. The Labute approximate surface area is 120 Å². The summed E-state index contributed by atoms with van der Waals surface area (Å²) in [5.41, 5.74) is 2.97. The van der Waals surface area contributed by atoms with Crippen LogP contribution in [0.5, 0.6) is 0 Å². The van der Waals surface area contributed by atoms with E-state index in [4.69, 9.17) is 0 Å². The van der Waals surface area contributed by atoms with Crippen molar-refractivity contribution in [3.63, 3.8) is 0 Å². The van der Waals surface area contributed by atoms with Gasteiger partial charge in [-0.05, 0) is 24.6 Å². The number of nitrogens with one attached hydrogen (secondary N) is 1. The summed E-state index contributed by atoms with van der Waals surface area (Å²) >= 11 is 0. The highest BCUT2D eigenvalue weighted by Crippen LogP contribution is 2.09. The van der Waals surface area contributed by atoms with Gasteiger partial charge < -0.3 is 5.32 Å². The molecule has 0 aliphatic rings. The minimum atomic E-state index is -3.08. The van der Waals surface area contributed by atoms with E-state index in [9.17, 15) is 8.42 Å². The van der Waals surface area contributed by atoms with Gasteiger partial charge in [-0.15, -0.1) is 0 Å². The van der Waals surface area contributed by atoms with Gasteiger partial charge in [0.2, 0.25) is 0 Å². The second kappa shape index (κ2) is 6.57. The molecular formula is C16H19NO2S. The van der Waals surface area contributed by atoms with E-state index in [-0.39, 0.29) is 11.5 Å². The Morgan fingerprint density at radius 2 is 1.60 bits per heavy atom. The molecule has 0 saturated carbocycles. The number of aryl methyl sites for hydroxylation is 1. The molecule has 0 bridgehead atoms. The number of hydrogen-bond donors (Lipinski definition) is 1. The lowest BCUT2D eigenvalue weighted by Gasteiger charge is -2.08. The molecule has 0 aliphatic heterocycles. The zero-order valence-electron chi connectivity index (χ0n) is 11.5. The third-order valence-corrected chi connectivity index (χ3v) is 4.62. The summed E-state index contributed by atoms with van der Waals surface area (Å²) in [6.45, 7) is 2.45. The lowest BCUT2D eigenvalue weighted by Crippen LogP contribution is -2.17. The molecule has 0 aliphatic carbocycles. The van der Waals surface area contributed by atoms with E-state index in [1.165, 1.54) is 5.56 Å². The van der Waals surface area contributed by atoms with Crippen LogP contribution in [-0.2, 0) is 15.6 Å². The van der Waals surface area contributed by atoms with E-state index in [1.54, 1.807) is 0 Å². The van der Waals surface area contributed by atoms with Crippen molar-refractivity contribution >= 4 is 15.5 Å². The van der Waals surface area contributed by atoms with Gasteiger partial charge in [0.1, 0.15) is 0 Å². The van der Waals surface area contributed by atoms with Gasteiger partial charge in [0, 0.05) is 12.2 Å². The first kappa shape index (κ1) is 14.6. The molecule has 4 heteroatoms. The Hall–Kier alpha value is -1.81. The smallest absolute Gasteiger partial charge is 0.156 e. The molecule has 2 aromatic rings. The van der Waals surface area contributed by atoms with Crippen LogP contribution < -0.4 is 5.32 Å². The van der Waals surface area contributed by atoms with Crippen LogP contribution in [0.3, 0.4) is 0 Å². The molecule has 0 fully saturated rings. The first-order valence-corrected chi connectivity index (χ1v) is 8.42. The molecule has 106 valence electrons. The molecule has 0 aromatic heterocycles. The van der Waals surface area contributed by atoms with Gasteiger partial charge in [-0.2, -0.15) is 0 Å². The van der Waals surface area contributed by atoms with E-state index in [0.717, 1.165) is 11.3 Å². The molecule has 2 rings (SSSR count). The number of anilines is 1. The summed E-state index contributed by atoms with van der Waals surface area (Å²) in [5.74, 6) is 0.235. The topological polar surface area (TPSA) is 46.2 Å². The highest BCUT2D eigenvalue weighted by atomic mass is 32.2. The first-order valence-electron chi connectivity index (χ1n) is 6.60. The minimum absolute atomic E-state index is 0.101. The number of rotatable bonds is 6. The molecule has 0 spiro atoms. The van der Waals surface area contributed by atoms with Crippen molar-refractivity contribution in [1.29, 1.82) is 0 Å². The molecule has 0 unspecified atom stereocenters. The van der Waals surface area contributed by atoms with Crippen LogP contribution in [0.4, 0.5) is 5.69 Å². The highest BCUT2D eigenvalue weighted by molar-refractivity contribution is 7.90. The second-order valence-electron chi connectivity index (χ2n) is 4.87. The lowest BCUT2D eigenvalue weighted by atomic mass is 10.2. The van der Waals surface area contributed by atoms with E-state index in [2.05, 4.69) is 5.32 Å². The van der Waals surface area contributed by atoms with Gasteiger partial charge in [-0.25, -0.2) is 8.42 Å². The second-order valence-corrected chi connectivity index (χ2v) is 7.05. The summed E-state index contributed by atoms with van der Waals surface area (Å²) in [5, 5.41) is 3.13. The van der Waals surface area contributed by atoms with Crippen LogP contribution in [0.2, 0.25) is 0 Å². The predicted molar refractivity (Wildman–Crippen MR) is 83.6 cm³/mol. The van der Waals surface area contributed by atoms with E-state index < -0.39 is 9.84 Å². The fourth-order valence-corrected chi connectivity index (χ4v) is 3.18. The minimum Gasteiger partial charge on any atom is -0.384 e. The van der Waals surface area contributed by atoms with Crippen LogP contribution in [0.1, 0.15) is 11.1 Å². The molecule has 0 amide bonds. The zero-order chi connectivity index (χ0) is 14.4. The number of benzene rings is 2. The fourth-order valence-electron chi connectivity index (χ4n) is 1.92. The van der Waals surface area contributed by atoms with Crippen LogP contribution in [0, 0.1) is 6.92 Å². The van der Waals surface area contributed by atoms with Crippen LogP contribution >= 0.6 is 0 Å². The third kappa shape index (κ3) is 4.70. The first-order chi connectivity index (χ1) is 9.55. The zero-order valence-corrected chi connectivity index (χ0v) is 12.4. The van der Waals surface area contributed by atoms with Gasteiger partial charge in [0.25, 0.3) is 0 Å². The van der Waals surface area contributed by atoms with Crippen molar-refractivity contribution in [2.75, 3.05) is 17.6 Å². The van der Waals surface area contributed by atoms with Crippen molar-refractivity contribution < 1.29 is 8.42 Å². The van der Waals surface area contributed by atoms with Gasteiger partial charge in [0.15, 0.2) is 9.84 Å². The summed E-state index contributed by atoms with van der Waals surface area (Å²) < 4.78 is 24.0. The number of hydrogen-bond acceptors (Lipinski definition) is 3. The Kier molecular flexibility index (Phi) is 4.79. The Morgan fingerprint density at radius 1 is 0.950 bits per heavy atom. The van der Waals surface area contributed by atoms with Gasteiger partial charge in [-0.1, -0.05) is 48.0 Å². The molecule has 2 aromatic carbocycles. The molecule has 0 atom stereocenters. The Bertz CT molecular complexity index is 634. The summed E-state index contributed by atoms with van der Waals surface area (Å²) in [6, 6.07) is 17.2. The number of sulfone groups is 1. The SMILES string of the molecule is Cc1ccc(NCCS(=O)(=O)Cc2ccccc2)cc1. The highest BCUT2D eigenvalue weighted by Gasteiger charge is 2.11. The Morgan fingerprint density at radius 3 is 2.25 bits per heavy atom. The van der Waals surface area contributed by atoms with Gasteiger partial charge >= 0.3 is 0 Å². The van der Waals surface area contributed by atoms with E-state index >= 15 is 0 Å². The fraction of sp³-hybridized carbons (Fsp3) is 0.250. The standard InChI is InChI=1S/C16H19NO2S/c1-14-7-9-16(10-8-14)17-11-12-20(18,19)13-15-5-3-2-4-6-15/h2-10,17H,11-13H2,1H3. The maximum atomic E-state index is 12.0. The average molecular weight is 289 g/mol. The molecular weight excluding hydrogens is 270 g/mol. The predicted octanol–water partition coefficient (Wildman–Crippen LogP) is 3.02. The normalized spacial score (nSPS) is 11.2. The quantitative estimate of drug-likeness (QED) is 0.889. The van der Waals surface area contributed by atoms with Crippen LogP contribution in [0.25, 0.3) is 0 Å². The lowest BCUT2D eigenvalue weighted by molar-refractivity contribution is 0.595. The molecule has 3 nitrogen and oxygen atoms in total. The molecule has 1 N–H and O–H groups in total. The molecule has 20 heavy (non-hydrogen) atoms. The molecule has 0 saturated heterocycles. The van der Waals surface area contributed by atoms with Crippen molar-refractivity contribution in [2.45, 2.75) is 12.7 Å². The van der Waals surface area contributed by atoms with Crippen LogP contribution in [0.15, 0.2) is 54.6 Å². The largest absolute Gasteiger partial charge is 0.384 e. The van der Waals surface area contributed by atoms with Crippen molar-refractivity contribution in [1.82, 2.24) is 0 Å². The van der Waals surface area contributed by atoms with Crippen molar-refractivity contribution in [3.8, 4) is 0 Å². The van der Waals surface area contributed by atoms with Crippen molar-refractivity contribution in [3.05, 3.63) is 65.7 Å². The van der Waals surface area contributed by atoms with Crippen LogP contribution in [-0.4, -0.2) is 20.7 Å². The van der Waals surface area contributed by atoms with E-state index in [1.807, 2.05) is 61.5 Å².